The number of imide groups is 1. The summed E-state index contributed by atoms with van der Waals surface area (Å²) in [5.74, 6) is -4.40. The van der Waals surface area contributed by atoms with Gasteiger partial charge in [-0.3, -0.25) is 19.2 Å². The van der Waals surface area contributed by atoms with Gasteiger partial charge in [-0.2, -0.15) is 0 Å². The Hall–Kier alpha value is -5.87. The molecule has 4 aromatic carbocycles. The lowest BCUT2D eigenvalue weighted by molar-refractivity contribution is -0.319. The molecule has 0 aromatic heterocycles. The minimum atomic E-state index is -1.72. The van der Waals surface area contributed by atoms with E-state index < -0.39 is 83.9 Å². The second-order valence-electron chi connectivity index (χ2n) is 18.4. The number of esters is 1. The molecule has 368 valence electrons. The number of carbonyl (C=O) groups is 5. The zero-order valence-corrected chi connectivity index (χ0v) is 40.5. The van der Waals surface area contributed by atoms with Crippen LogP contribution in [0.1, 0.15) is 75.3 Å². The molecule has 4 aromatic rings. The SMILES string of the molecule is CO[C@H]1O[C@H](CO)[C@@H](OCc2ccccc2)[C@H](OCc2ccccc2)[C@@H]1OCCCC(=O)C(=CC(=O)[C@H](OC(C)=O)[C@@H](Cc1ccccc1)C(=O)N1C(=O)OC(C)(C)[C@H]1C(C)C)c1cccc(C)c1. The van der Waals surface area contributed by atoms with Crippen molar-refractivity contribution in [1.29, 1.82) is 0 Å². The fourth-order valence-corrected chi connectivity index (χ4v) is 9.24. The summed E-state index contributed by atoms with van der Waals surface area (Å²) < 4.78 is 42.8. The fourth-order valence-electron chi connectivity index (χ4n) is 9.24. The molecule has 2 fully saturated rings. The van der Waals surface area contributed by atoms with Gasteiger partial charge in [-0.05, 0) is 67.9 Å². The van der Waals surface area contributed by atoms with Crippen molar-refractivity contribution in [2.24, 2.45) is 11.8 Å². The average Bonchev–Trinajstić information content (AvgIpc) is 3.59. The number of aryl methyl sites for hydroxylation is 1. The second-order valence-corrected chi connectivity index (χ2v) is 18.4. The molecular weight excluding hydrogens is 883 g/mol. The van der Waals surface area contributed by atoms with Crippen LogP contribution in [0.3, 0.4) is 0 Å². The first-order valence-electron chi connectivity index (χ1n) is 23.5. The summed E-state index contributed by atoms with van der Waals surface area (Å²) >= 11 is 0. The smallest absolute Gasteiger partial charge is 0.417 e. The van der Waals surface area contributed by atoms with Gasteiger partial charge in [0.05, 0.1) is 31.8 Å². The van der Waals surface area contributed by atoms with E-state index >= 15 is 0 Å². The van der Waals surface area contributed by atoms with E-state index in [4.69, 9.17) is 33.2 Å². The lowest BCUT2D eigenvalue weighted by atomic mass is 9.85. The van der Waals surface area contributed by atoms with Crippen molar-refractivity contribution < 1.29 is 62.2 Å². The highest BCUT2D eigenvalue weighted by atomic mass is 16.7. The number of benzene rings is 4. The zero-order chi connectivity index (χ0) is 49.7. The molecule has 0 aliphatic carbocycles. The summed E-state index contributed by atoms with van der Waals surface area (Å²) in [6, 6.07) is 34.5. The number of cyclic esters (lactones) is 1. The number of aliphatic hydroxyl groups is 1. The molecule has 2 aliphatic heterocycles. The minimum absolute atomic E-state index is 0.0259. The molecule has 0 unspecified atom stereocenters. The lowest BCUT2D eigenvalue weighted by Crippen LogP contribution is -2.61. The van der Waals surface area contributed by atoms with Crippen LogP contribution < -0.4 is 0 Å². The molecule has 2 amide bonds. The van der Waals surface area contributed by atoms with Gasteiger partial charge in [-0.25, -0.2) is 9.69 Å². The van der Waals surface area contributed by atoms with Crippen molar-refractivity contribution >= 4 is 35.1 Å². The molecule has 2 aliphatic rings. The summed E-state index contributed by atoms with van der Waals surface area (Å²) in [6.45, 7) is 10.2. The highest BCUT2D eigenvalue weighted by Crippen LogP contribution is 2.37. The predicted molar refractivity (Wildman–Crippen MR) is 256 cm³/mol. The van der Waals surface area contributed by atoms with E-state index in [-0.39, 0.29) is 57.2 Å². The van der Waals surface area contributed by atoms with Crippen LogP contribution in [0.2, 0.25) is 0 Å². The number of ketones is 2. The maximum absolute atomic E-state index is 14.8. The molecule has 8 atom stereocenters. The van der Waals surface area contributed by atoms with Gasteiger partial charge in [0.2, 0.25) is 5.91 Å². The van der Waals surface area contributed by atoms with Crippen molar-refractivity contribution in [3.8, 4) is 0 Å². The molecule has 6 rings (SSSR count). The quantitative estimate of drug-likeness (QED) is 0.0434. The normalized spacial score (nSPS) is 22.2. The third-order valence-electron chi connectivity index (χ3n) is 12.3. The van der Waals surface area contributed by atoms with Crippen LogP contribution >= 0.6 is 0 Å². The predicted octanol–water partition coefficient (Wildman–Crippen LogP) is 7.79. The molecule has 0 saturated carbocycles. The largest absolute Gasteiger partial charge is 0.453 e. The zero-order valence-electron chi connectivity index (χ0n) is 40.5. The van der Waals surface area contributed by atoms with Crippen molar-refractivity contribution in [2.75, 3.05) is 20.3 Å². The van der Waals surface area contributed by atoms with Crippen LogP contribution in [0.4, 0.5) is 4.79 Å². The van der Waals surface area contributed by atoms with Gasteiger partial charge in [0.15, 0.2) is 24.0 Å². The van der Waals surface area contributed by atoms with Gasteiger partial charge in [-0.15, -0.1) is 0 Å². The molecule has 2 saturated heterocycles. The molecular formula is C55H65NO13. The molecule has 14 nitrogen and oxygen atoms in total. The number of hydrogen-bond acceptors (Lipinski definition) is 13. The number of methoxy groups -OCH3 is 1. The van der Waals surface area contributed by atoms with Gasteiger partial charge in [0.25, 0.3) is 0 Å². The van der Waals surface area contributed by atoms with Crippen LogP contribution in [-0.4, -0.2) is 108 Å². The molecule has 2 heterocycles. The summed E-state index contributed by atoms with van der Waals surface area (Å²) in [4.78, 5) is 71.4. The Morgan fingerprint density at radius 1 is 0.797 bits per heavy atom. The van der Waals surface area contributed by atoms with Crippen molar-refractivity contribution in [3.05, 3.63) is 149 Å². The summed E-state index contributed by atoms with van der Waals surface area (Å²) in [5.41, 5.74) is 2.72. The second kappa shape index (κ2) is 24.6. The van der Waals surface area contributed by atoms with Gasteiger partial charge in [0.1, 0.15) is 30.0 Å². The van der Waals surface area contributed by atoms with E-state index in [1.165, 1.54) is 7.11 Å². The number of carbonyl (C=O) groups excluding carboxylic acids is 5. The van der Waals surface area contributed by atoms with E-state index in [1.807, 2.05) is 87.5 Å². The van der Waals surface area contributed by atoms with E-state index in [0.29, 0.717) is 11.1 Å². The number of allylic oxidation sites excluding steroid dienone is 1. The van der Waals surface area contributed by atoms with Crippen LogP contribution in [-0.2, 0) is 72.0 Å². The minimum Gasteiger partial charge on any atom is -0.453 e. The molecule has 0 spiro atoms. The van der Waals surface area contributed by atoms with Crippen LogP contribution in [0.25, 0.3) is 5.57 Å². The number of Topliss-reactive ketones (excluding diaryl/α,β-unsaturated/α-hetero) is 1. The van der Waals surface area contributed by atoms with E-state index in [9.17, 15) is 29.1 Å². The average molecular weight is 948 g/mol. The number of rotatable bonds is 23. The highest BCUT2D eigenvalue weighted by molar-refractivity contribution is 6.25. The van der Waals surface area contributed by atoms with Crippen LogP contribution in [0.15, 0.2) is 121 Å². The molecule has 69 heavy (non-hydrogen) atoms. The maximum Gasteiger partial charge on any atom is 0.417 e. The molecule has 0 radical (unpaired) electrons. The van der Waals surface area contributed by atoms with E-state index in [0.717, 1.165) is 34.6 Å². The Kier molecular flexibility index (Phi) is 18.7. The Labute approximate surface area is 404 Å². The van der Waals surface area contributed by atoms with Gasteiger partial charge in [0, 0.05) is 32.6 Å². The highest BCUT2D eigenvalue weighted by Gasteiger charge is 2.54. The lowest BCUT2D eigenvalue weighted by Gasteiger charge is -2.45. The maximum atomic E-state index is 14.8. The number of nitrogens with zero attached hydrogens (tertiary/aromatic N) is 1. The van der Waals surface area contributed by atoms with Gasteiger partial charge < -0.3 is 38.3 Å². The summed E-state index contributed by atoms with van der Waals surface area (Å²) in [6.07, 6.45) is -5.63. The molecule has 0 bridgehead atoms. The van der Waals surface area contributed by atoms with Gasteiger partial charge >= 0.3 is 12.1 Å². The first-order chi connectivity index (χ1) is 33.1. The Bertz CT molecular complexity index is 2370. The van der Waals surface area contributed by atoms with Crippen LogP contribution in [0, 0.1) is 18.8 Å². The van der Waals surface area contributed by atoms with Crippen molar-refractivity contribution in [2.45, 2.75) is 122 Å². The van der Waals surface area contributed by atoms with Gasteiger partial charge in [-0.1, -0.05) is 135 Å². The monoisotopic (exact) mass is 947 g/mol. The Morgan fingerprint density at radius 3 is 1.94 bits per heavy atom. The van der Waals surface area contributed by atoms with Crippen molar-refractivity contribution in [1.82, 2.24) is 4.90 Å². The number of hydrogen-bond donors (Lipinski definition) is 1. The summed E-state index contributed by atoms with van der Waals surface area (Å²) in [5, 5.41) is 10.5. The van der Waals surface area contributed by atoms with E-state index in [1.54, 1.807) is 62.4 Å². The van der Waals surface area contributed by atoms with Crippen LogP contribution in [0.5, 0.6) is 0 Å². The first-order valence-corrected chi connectivity index (χ1v) is 23.5. The topological polar surface area (TPSA) is 173 Å². The standard InChI is InChI=1S/C55H65NO13/c1-35(2)51-55(5,6)69-54(62)56(51)52(61)43(30-38-20-11-8-12-21-38)47(67-37(4)58)45(60)31-42(41-26-17-19-36(3)29-41)44(59)27-18-28-64-50-49(66-34-40-24-15-10-16-25-40)48(46(32-57)68-53(50)63-7)65-33-39-22-13-9-14-23-39/h8-17,19-26,29,31,35,43,46-51,53,57H,18,27-28,30,32-34H2,1-7H3/t43-,46-,47-,48-,49+,50+,51-,53+/m1/s1. The fraction of sp³-hybridized carbons (Fsp3) is 0.436. The van der Waals surface area contributed by atoms with E-state index in [2.05, 4.69) is 0 Å². The Balaban J connectivity index is 1.27. The molecule has 14 heteroatoms. The summed E-state index contributed by atoms with van der Waals surface area (Å²) in [7, 11) is 1.47. The van der Waals surface area contributed by atoms with Crippen molar-refractivity contribution in [3.63, 3.8) is 0 Å². The Morgan fingerprint density at radius 2 is 1.39 bits per heavy atom. The number of ether oxygens (including phenoxy) is 7. The number of amides is 2. The number of aliphatic hydroxyl groups excluding tert-OH is 1. The molecule has 1 N–H and O–H groups in total. The third kappa shape index (κ3) is 13.7. The third-order valence-corrected chi connectivity index (χ3v) is 12.3. The first kappa shape index (κ1) is 52.5.